The van der Waals surface area contributed by atoms with Crippen LogP contribution in [-0.2, 0) is 28.6 Å². The molecule has 0 bridgehead atoms. The number of carbonyl (C=O) groups is 3. The number of hydrogen-bond donors (Lipinski definition) is 0. The van der Waals surface area contributed by atoms with Gasteiger partial charge in [0, 0.05) is 19.3 Å². The first-order chi connectivity index (χ1) is 35.5. The van der Waals surface area contributed by atoms with Crippen LogP contribution in [0.2, 0.25) is 0 Å². The van der Waals surface area contributed by atoms with Gasteiger partial charge in [0.25, 0.3) is 0 Å². The Bertz CT molecular complexity index is 1120. The van der Waals surface area contributed by atoms with Gasteiger partial charge in [0.15, 0.2) is 6.10 Å². The summed E-state index contributed by atoms with van der Waals surface area (Å²) in [6.07, 6.45) is 72.4. The van der Waals surface area contributed by atoms with E-state index in [9.17, 15) is 14.4 Å². The molecule has 6 nitrogen and oxygen atoms in total. The van der Waals surface area contributed by atoms with E-state index in [1.807, 2.05) is 0 Å². The first kappa shape index (κ1) is 70.1. The first-order valence-corrected chi connectivity index (χ1v) is 32.7. The van der Waals surface area contributed by atoms with Crippen LogP contribution in [0.25, 0.3) is 0 Å². The molecule has 0 amide bonds. The zero-order valence-electron chi connectivity index (χ0n) is 49.0. The Morgan fingerprint density at radius 2 is 0.458 bits per heavy atom. The highest BCUT2D eigenvalue weighted by Crippen LogP contribution is 2.18. The van der Waals surface area contributed by atoms with Crippen LogP contribution >= 0.6 is 0 Å². The zero-order chi connectivity index (χ0) is 52.2. The molecule has 0 saturated heterocycles. The van der Waals surface area contributed by atoms with Crippen molar-refractivity contribution in [2.45, 2.75) is 380 Å². The average molecular weight is 1020 g/mol. The Kier molecular flexibility index (Phi) is 60.1. The highest BCUT2D eigenvalue weighted by molar-refractivity contribution is 5.71. The molecule has 0 aliphatic carbocycles. The van der Waals surface area contributed by atoms with Gasteiger partial charge in [-0.05, 0) is 44.9 Å². The standard InChI is InChI=1S/C66H126O6/c1-4-7-10-13-16-19-22-24-26-28-29-30-31-32-33-34-35-36-37-39-40-42-44-47-50-53-56-59-65(68)71-62-63(61-70-64(67)58-55-52-49-46-21-18-15-12-9-6-3)72-66(69)60-57-54-51-48-45-43-41-38-27-25-23-20-17-14-11-8-5-2/h28-29,63H,4-27,30-62H2,1-3H3/b29-28-. The summed E-state index contributed by atoms with van der Waals surface area (Å²) < 4.78 is 16.9. The van der Waals surface area contributed by atoms with Gasteiger partial charge in [0.2, 0.25) is 0 Å². The van der Waals surface area contributed by atoms with Crippen LogP contribution in [0.15, 0.2) is 12.2 Å². The van der Waals surface area contributed by atoms with Crippen LogP contribution in [0, 0.1) is 0 Å². The molecular weight excluding hydrogens is 889 g/mol. The van der Waals surface area contributed by atoms with Gasteiger partial charge in [0.1, 0.15) is 13.2 Å². The maximum absolute atomic E-state index is 12.9. The normalized spacial score (nSPS) is 12.0. The van der Waals surface area contributed by atoms with E-state index in [0.29, 0.717) is 19.3 Å². The summed E-state index contributed by atoms with van der Waals surface area (Å²) in [7, 11) is 0. The van der Waals surface area contributed by atoms with Crippen LogP contribution in [-0.4, -0.2) is 37.2 Å². The molecule has 72 heavy (non-hydrogen) atoms. The molecule has 0 aliphatic heterocycles. The van der Waals surface area contributed by atoms with Gasteiger partial charge < -0.3 is 14.2 Å². The Labute approximate surface area is 450 Å². The fraction of sp³-hybridized carbons (Fsp3) is 0.924. The molecule has 0 saturated carbocycles. The summed E-state index contributed by atoms with van der Waals surface area (Å²) >= 11 is 0. The maximum Gasteiger partial charge on any atom is 0.306 e. The predicted molar refractivity (Wildman–Crippen MR) is 312 cm³/mol. The van der Waals surface area contributed by atoms with E-state index in [-0.39, 0.29) is 31.1 Å². The zero-order valence-corrected chi connectivity index (χ0v) is 49.0. The third-order valence-corrected chi connectivity index (χ3v) is 15.0. The van der Waals surface area contributed by atoms with E-state index < -0.39 is 6.10 Å². The third kappa shape index (κ3) is 59.0. The Morgan fingerprint density at radius 1 is 0.264 bits per heavy atom. The smallest absolute Gasteiger partial charge is 0.306 e. The molecule has 6 heteroatoms. The van der Waals surface area contributed by atoms with Gasteiger partial charge in [-0.2, -0.15) is 0 Å². The monoisotopic (exact) mass is 1010 g/mol. The average Bonchev–Trinajstić information content (AvgIpc) is 3.38. The molecule has 0 spiro atoms. The number of unbranched alkanes of at least 4 members (excludes halogenated alkanes) is 48. The van der Waals surface area contributed by atoms with Crippen molar-refractivity contribution in [2.75, 3.05) is 13.2 Å². The van der Waals surface area contributed by atoms with Crippen molar-refractivity contribution in [3.05, 3.63) is 12.2 Å². The van der Waals surface area contributed by atoms with Crippen LogP contribution in [0.3, 0.4) is 0 Å². The second-order valence-corrected chi connectivity index (χ2v) is 22.4. The van der Waals surface area contributed by atoms with Crippen molar-refractivity contribution in [3.63, 3.8) is 0 Å². The number of carbonyl (C=O) groups excluding carboxylic acids is 3. The van der Waals surface area contributed by atoms with Gasteiger partial charge in [0.05, 0.1) is 0 Å². The maximum atomic E-state index is 12.9. The molecule has 0 aromatic heterocycles. The number of allylic oxidation sites excluding steroid dienone is 2. The number of ether oxygens (including phenoxy) is 3. The van der Waals surface area contributed by atoms with Crippen LogP contribution in [0.1, 0.15) is 374 Å². The van der Waals surface area contributed by atoms with Crippen molar-refractivity contribution in [1.82, 2.24) is 0 Å². The fourth-order valence-electron chi connectivity index (χ4n) is 10.1. The van der Waals surface area contributed by atoms with Gasteiger partial charge in [-0.15, -0.1) is 0 Å². The molecule has 1 atom stereocenters. The van der Waals surface area contributed by atoms with Crippen LogP contribution < -0.4 is 0 Å². The van der Waals surface area contributed by atoms with Crippen molar-refractivity contribution in [2.24, 2.45) is 0 Å². The van der Waals surface area contributed by atoms with Crippen molar-refractivity contribution in [3.8, 4) is 0 Å². The minimum atomic E-state index is -0.763. The van der Waals surface area contributed by atoms with Crippen LogP contribution in [0.4, 0.5) is 0 Å². The van der Waals surface area contributed by atoms with Crippen molar-refractivity contribution < 1.29 is 28.6 Å². The molecule has 0 rings (SSSR count). The van der Waals surface area contributed by atoms with Gasteiger partial charge in [-0.25, -0.2) is 0 Å². The molecular formula is C66H126O6. The number of hydrogen-bond acceptors (Lipinski definition) is 6. The van der Waals surface area contributed by atoms with Crippen molar-refractivity contribution >= 4 is 17.9 Å². The topological polar surface area (TPSA) is 78.9 Å². The number of rotatable bonds is 61. The lowest BCUT2D eigenvalue weighted by atomic mass is 10.0. The van der Waals surface area contributed by atoms with E-state index in [0.717, 1.165) is 57.8 Å². The van der Waals surface area contributed by atoms with Crippen LogP contribution in [0.5, 0.6) is 0 Å². The van der Waals surface area contributed by atoms with Gasteiger partial charge in [-0.3, -0.25) is 14.4 Å². The minimum Gasteiger partial charge on any atom is -0.462 e. The Morgan fingerprint density at radius 3 is 0.694 bits per heavy atom. The third-order valence-electron chi connectivity index (χ3n) is 15.0. The summed E-state index contributed by atoms with van der Waals surface area (Å²) in [5.74, 6) is -0.835. The second-order valence-electron chi connectivity index (χ2n) is 22.4. The summed E-state index contributed by atoms with van der Waals surface area (Å²) in [4.78, 5) is 38.2. The first-order valence-electron chi connectivity index (χ1n) is 32.7. The summed E-state index contributed by atoms with van der Waals surface area (Å²) in [5, 5.41) is 0. The quantitative estimate of drug-likeness (QED) is 0.0261. The van der Waals surface area contributed by atoms with E-state index in [2.05, 4.69) is 32.9 Å². The van der Waals surface area contributed by atoms with E-state index >= 15 is 0 Å². The molecule has 0 aromatic rings. The molecule has 0 radical (unpaired) electrons. The summed E-state index contributed by atoms with van der Waals surface area (Å²) in [6, 6.07) is 0. The Hall–Kier alpha value is -1.85. The lowest BCUT2D eigenvalue weighted by Crippen LogP contribution is -2.30. The fourth-order valence-corrected chi connectivity index (χ4v) is 10.1. The molecule has 0 aliphatic rings. The molecule has 0 heterocycles. The van der Waals surface area contributed by atoms with E-state index in [1.165, 1.54) is 276 Å². The second kappa shape index (κ2) is 61.7. The molecule has 0 N–H and O–H groups in total. The summed E-state index contributed by atoms with van der Waals surface area (Å²) in [6.45, 7) is 6.70. The highest BCUT2D eigenvalue weighted by atomic mass is 16.6. The molecule has 0 fully saturated rings. The largest absolute Gasteiger partial charge is 0.462 e. The summed E-state index contributed by atoms with van der Waals surface area (Å²) in [5.41, 5.74) is 0. The molecule has 1 unspecified atom stereocenters. The Balaban J connectivity index is 4.12. The van der Waals surface area contributed by atoms with Gasteiger partial charge >= 0.3 is 17.9 Å². The van der Waals surface area contributed by atoms with E-state index in [4.69, 9.17) is 14.2 Å². The van der Waals surface area contributed by atoms with Gasteiger partial charge in [-0.1, -0.05) is 322 Å². The van der Waals surface area contributed by atoms with Crippen molar-refractivity contribution in [1.29, 1.82) is 0 Å². The predicted octanol–water partition coefficient (Wildman–Crippen LogP) is 22.1. The SMILES string of the molecule is CCCCCCCCCC/C=C\CCCCCCCCCCCCCCCCCC(=O)OCC(COC(=O)CCCCCCCCCCCC)OC(=O)CCCCCCCCCCCCCCCCCCC. The lowest BCUT2D eigenvalue weighted by Gasteiger charge is -2.18. The number of esters is 3. The molecule has 426 valence electrons. The minimum absolute atomic E-state index is 0.0630. The van der Waals surface area contributed by atoms with E-state index in [1.54, 1.807) is 0 Å². The lowest BCUT2D eigenvalue weighted by molar-refractivity contribution is -0.167. The highest BCUT2D eigenvalue weighted by Gasteiger charge is 2.19. The molecule has 0 aromatic carbocycles.